The zero-order valence-corrected chi connectivity index (χ0v) is 19.4. The summed E-state index contributed by atoms with van der Waals surface area (Å²) in [5.74, 6) is 0.662. The second kappa shape index (κ2) is 10.4. The number of carbonyl (C=O) groups excluding carboxylic acids is 1. The van der Waals surface area contributed by atoms with Crippen molar-refractivity contribution in [2.45, 2.75) is 6.54 Å². The molecule has 1 saturated heterocycles. The van der Waals surface area contributed by atoms with E-state index in [0.717, 1.165) is 11.5 Å². The Hall–Kier alpha value is -2.89. The van der Waals surface area contributed by atoms with Crippen molar-refractivity contribution in [2.24, 2.45) is 4.99 Å². The highest BCUT2D eigenvalue weighted by molar-refractivity contribution is 14.0. The molecule has 4 rings (SSSR count). The van der Waals surface area contributed by atoms with Gasteiger partial charge in [0.15, 0.2) is 11.7 Å². The number of rotatable bonds is 4. The van der Waals surface area contributed by atoms with Crippen molar-refractivity contribution in [3.63, 3.8) is 0 Å². The van der Waals surface area contributed by atoms with Gasteiger partial charge in [0.05, 0.1) is 18.3 Å². The van der Waals surface area contributed by atoms with Gasteiger partial charge in [-0.1, -0.05) is 6.07 Å². The molecule has 0 saturated carbocycles. The van der Waals surface area contributed by atoms with Crippen LogP contribution in [0.1, 0.15) is 16.1 Å². The monoisotopic (exact) mass is 538 g/mol. The molecule has 8 nitrogen and oxygen atoms in total. The lowest BCUT2D eigenvalue weighted by Gasteiger charge is -2.36. The maximum atomic E-state index is 14.4. The molecule has 3 heterocycles. The van der Waals surface area contributed by atoms with Gasteiger partial charge in [-0.25, -0.2) is 9.37 Å². The summed E-state index contributed by atoms with van der Waals surface area (Å²) in [6.07, 6.45) is 6.38. The average Bonchev–Trinajstić information content (AvgIpc) is 3.49. The summed E-state index contributed by atoms with van der Waals surface area (Å²) in [5, 5.41) is 3.28. The molecule has 1 amide bonds. The maximum absolute atomic E-state index is 14.4. The van der Waals surface area contributed by atoms with Gasteiger partial charge in [-0.15, -0.1) is 24.0 Å². The SMILES string of the molecule is CN=C(NCc1ccc(-n2ccnc2)c(F)c1)N1CCN(C(=O)c2ccco2)CC1.I. The fourth-order valence-electron chi connectivity index (χ4n) is 3.46. The molecule has 1 aromatic carbocycles. The summed E-state index contributed by atoms with van der Waals surface area (Å²) < 4.78 is 21.3. The van der Waals surface area contributed by atoms with Crippen molar-refractivity contribution < 1.29 is 13.6 Å². The van der Waals surface area contributed by atoms with Crippen molar-refractivity contribution in [2.75, 3.05) is 33.2 Å². The number of amides is 1. The van der Waals surface area contributed by atoms with Gasteiger partial charge in [0, 0.05) is 52.2 Å². The Morgan fingerprint density at radius 1 is 1.23 bits per heavy atom. The standard InChI is InChI=1S/C21H23FN6O2.HI/c1-23-21(27-10-8-26(9-11-27)20(29)19-3-2-12-30-19)25-14-16-4-5-18(17(22)13-16)28-7-6-24-15-28;/h2-7,12-13,15H,8-11,14H2,1H3,(H,23,25);1H. The van der Waals surface area contributed by atoms with Crippen LogP contribution in [-0.4, -0.2) is 64.4 Å². The first-order chi connectivity index (χ1) is 14.7. The van der Waals surface area contributed by atoms with Gasteiger partial charge in [-0.05, 0) is 29.8 Å². The van der Waals surface area contributed by atoms with Crippen LogP contribution in [0.15, 0.2) is 64.7 Å². The molecule has 0 aliphatic carbocycles. The molecule has 0 radical (unpaired) electrons. The van der Waals surface area contributed by atoms with Gasteiger partial charge in [0.2, 0.25) is 0 Å². The number of piperazine rings is 1. The lowest BCUT2D eigenvalue weighted by molar-refractivity contribution is 0.0657. The Kier molecular flexibility index (Phi) is 7.66. The highest BCUT2D eigenvalue weighted by atomic mass is 127. The number of benzene rings is 1. The van der Waals surface area contributed by atoms with E-state index in [1.165, 1.54) is 12.3 Å². The predicted molar refractivity (Wildman–Crippen MR) is 125 cm³/mol. The van der Waals surface area contributed by atoms with E-state index in [-0.39, 0.29) is 35.7 Å². The number of guanidine groups is 1. The quantitative estimate of drug-likeness (QED) is 0.314. The molecule has 1 fully saturated rings. The summed E-state index contributed by atoms with van der Waals surface area (Å²) in [4.78, 5) is 24.5. The lowest BCUT2D eigenvalue weighted by Crippen LogP contribution is -2.53. The summed E-state index contributed by atoms with van der Waals surface area (Å²) in [5.41, 5.74) is 1.27. The van der Waals surface area contributed by atoms with Crippen molar-refractivity contribution >= 4 is 35.8 Å². The fourth-order valence-corrected chi connectivity index (χ4v) is 3.46. The number of aliphatic imine (C=N–C) groups is 1. The van der Waals surface area contributed by atoms with Crippen LogP contribution < -0.4 is 5.32 Å². The van der Waals surface area contributed by atoms with E-state index < -0.39 is 0 Å². The zero-order chi connectivity index (χ0) is 20.9. The summed E-state index contributed by atoms with van der Waals surface area (Å²) >= 11 is 0. The number of aromatic nitrogens is 2. The van der Waals surface area contributed by atoms with Crippen LogP contribution in [0.3, 0.4) is 0 Å². The van der Waals surface area contributed by atoms with Crippen LogP contribution in [-0.2, 0) is 6.54 Å². The molecule has 1 aliphatic rings. The largest absolute Gasteiger partial charge is 0.459 e. The van der Waals surface area contributed by atoms with Crippen molar-refractivity contribution in [1.82, 2.24) is 24.7 Å². The number of hydrogen-bond donors (Lipinski definition) is 1. The molecule has 1 N–H and O–H groups in total. The molecule has 0 spiro atoms. The van der Waals surface area contributed by atoms with E-state index in [2.05, 4.69) is 20.2 Å². The lowest BCUT2D eigenvalue weighted by atomic mass is 10.2. The number of nitrogens with one attached hydrogen (secondary N) is 1. The number of carbonyl (C=O) groups is 1. The summed E-state index contributed by atoms with van der Waals surface area (Å²) in [6, 6.07) is 8.50. The van der Waals surface area contributed by atoms with Crippen molar-refractivity contribution in [1.29, 1.82) is 0 Å². The molecule has 2 aromatic heterocycles. The molecule has 164 valence electrons. The van der Waals surface area contributed by atoms with Gasteiger partial charge in [-0.3, -0.25) is 9.79 Å². The number of nitrogens with zero attached hydrogens (tertiary/aromatic N) is 5. The Labute approximate surface area is 196 Å². The molecule has 3 aromatic rings. The van der Waals surface area contributed by atoms with Crippen LogP contribution in [0.4, 0.5) is 4.39 Å². The Morgan fingerprint density at radius 2 is 2.00 bits per heavy atom. The second-order valence-corrected chi connectivity index (χ2v) is 6.91. The van der Waals surface area contributed by atoms with E-state index in [9.17, 15) is 9.18 Å². The first-order valence-corrected chi connectivity index (χ1v) is 9.71. The first-order valence-electron chi connectivity index (χ1n) is 9.71. The van der Waals surface area contributed by atoms with Gasteiger partial charge in [0.25, 0.3) is 5.91 Å². The summed E-state index contributed by atoms with van der Waals surface area (Å²) in [7, 11) is 1.71. The van der Waals surface area contributed by atoms with Crippen LogP contribution in [0, 0.1) is 5.82 Å². The maximum Gasteiger partial charge on any atom is 0.289 e. The number of halogens is 2. The van der Waals surface area contributed by atoms with Gasteiger partial charge in [0.1, 0.15) is 5.82 Å². The first kappa shape index (κ1) is 22.8. The van der Waals surface area contributed by atoms with E-state index in [0.29, 0.717) is 44.2 Å². The molecule has 0 atom stereocenters. The van der Waals surface area contributed by atoms with Crippen LogP contribution >= 0.6 is 24.0 Å². The minimum atomic E-state index is -0.313. The average molecular weight is 538 g/mol. The van der Waals surface area contributed by atoms with Crippen molar-refractivity contribution in [3.8, 4) is 5.69 Å². The normalized spacial score (nSPS) is 14.3. The molecular formula is C21H24FIN6O2. The van der Waals surface area contributed by atoms with Crippen LogP contribution in [0.2, 0.25) is 0 Å². The van der Waals surface area contributed by atoms with Crippen LogP contribution in [0.5, 0.6) is 0 Å². The van der Waals surface area contributed by atoms with E-state index >= 15 is 0 Å². The fraction of sp³-hybridized carbons (Fsp3) is 0.286. The molecule has 10 heteroatoms. The Bertz CT molecular complexity index is 1010. The van der Waals surface area contributed by atoms with E-state index in [4.69, 9.17) is 4.42 Å². The van der Waals surface area contributed by atoms with Crippen LogP contribution in [0.25, 0.3) is 5.69 Å². The Balaban J connectivity index is 0.00000272. The smallest absolute Gasteiger partial charge is 0.289 e. The molecule has 31 heavy (non-hydrogen) atoms. The van der Waals surface area contributed by atoms with Gasteiger partial charge < -0.3 is 24.1 Å². The Morgan fingerprint density at radius 3 is 2.61 bits per heavy atom. The van der Waals surface area contributed by atoms with Crippen molar-refractivity contribution in [3.05, 3.63) is 72.5 Å². The third kappa shape index (κ3) is 5.24. The minimum absolute atomic E-state index is 0. The number of imidazole rings is 1. The molecule has 0 unspecified atom stereocenters. The third-order valence-electron chi connectivity index (χ3n) is 5.06. The van der Waals surface area contributed by atoms with E-state index in [1.807, 2.05) is 6.07 Å². The second-order valence-electron chi connectivity index (χ2n) is 6.91. The highest BCUT2D eigenvalue weighted by Crippen LogP contribution is 2.15. The number of furan rings is 1. The third-order valence-corrected chi connectivity index (χ3v) is 5.06. The molecule has 0 bridgehead atoms. The zero-order valence-electron chi connectivity index (χ0n) is 17.1. The summed E-state index contributed by atoms with van der Waals surface area (Å²) in [6.45, 7) is 2.91. The van der Waals surface area contributed by atoms with Gasteiger partial charge in [-0.2, -0.15) is 0 Å². The van der Waals surface area contributed by atoms with E-state index in [1.54, 1.807) is 53.4 Å². The number of hydrogen-bond acceptors (Lipinski definition) is 4. The minimum Gasteiger partial charge on any atom is -0.459 e. The molecular weight excluding hydrogens is 514 g/mol. The highest BCUT2D eigenvalue weighted by Gasteiger charge is 2.25. The van der Waals surface area contributed by atoms with Gasteiger partial charge >= 0.3 is 0 Å². The predicted octanol–water partition coefficient (Wildman–Crippen LogP) is 2.76. The topological polar surface area (TPSA) is 78.9 Å². The molecule has 1 aliphatic heterocycles.